The fourth-order valence-corrected chi connectivity index (χ4v) is 4.38. The first-order chi connectivity index (χ1) is 14.2. The van der Waals surface area contributed by atoms with Gasteiger partial charge >= 0.3 is 6.03 Å². The first-order valence-corrected chi connectivity index (χ1v) is 10.7. The molecule has 0 spiro atoms. The van der Waals surface area contributed by atoms with Crippen molar-refractivity contribution in [1.29, 1.82) is 0 Å². The molecular weight excluding hydrogens is 366 g/mol. The lowest BCUT2D eigenvalue weighted by molar-refractivity contribution is 0.112. The molecule has 2 fully saturated rings. The van der Waals surface area contributed by atoms with Crippen LogP contribution in [0.1, 0.15) is 50.5 Å². The Balaban J connectivity index is 1.47. The number of nitrogens with one attached hydrogen (secondary N) is 2. The molecule has 1 aromatic rings. The van der Waals surface area contributed by atoms with Crippen molar-refractivity contribution in [2.45, 2.75) is 63.6 Å². The van der Waals surface area contributed by atoms with Gasteiger partial charge in [-0.05, 0) is 49.9 Å². The average Bonchev–Trinajstić information content (AvgIpc) is 2.77. The number of carbonyl (C=O) groups is 1. The quantitative estimate of drug-likeness (QED) is 0.691. The van der Waals surface area contributed by atoms with Gasteiger partial charge in [-0.25, -0.2) is 4.79 Å². The number of piperidine rings is 1. The molecule has 0 radical (unpaired) electrons. The van der Waals surface area contributed by atoms with E-state index in [4.69, 9.17) is 15.9 Å². The van der Waals surface area contributed by atoms with Gasteiger partial charge in [0.15, 0.2) is 11.5 Å². The van der Waals surface area contributed by atoms with Gasteiger partial charge < -0.3 is 20.1 Å². The smallest absolute Gasteiger partial charge is 0.315 e. The molecule has 0 aromatic heterocycles. The highest BCUT2D eigenvalue weighted by atomic mass is 16.5. The summed E-state index contributed by atoms with van der Waals surface area (Å²) in [4.78, 5) is 15.0. The van der Waals surface area contributed by atoms with E-state index < -0.39 is 0 Å². The number of methoxy groups -OCH3 is 1. The summed E-state index contributed by atoms with van der Waals surface area (Å²) in [5.74, 6) is 3.66. The topological polar surface area (TPSA) is 62.8 Å². The highest BCUT2D eigenvalue weighted by Crippen LogP contribution is 2.28. The normalized spacial score (nSPS) is 20.5. The second kappa shape index (κ2) is 11.0. The Hall–Kier alpha value is -2.39. The Bertz CT molecular complexity index is 710. The second-order valence-electron chi connectivity index (χ2n) is 7.93. The maximum Gasteiger partial charge on any atom is 0.315 e. The SMILES string of the molecule is C#CCOc1cc(CNC(=O)NC2CCCN(C3CCCCC3)C2)ccc1OC. The molecule has 1 aliphatic carbocycles. The van der Waals surface area contributed by atoms with Gasteiger partial charge in [-0.3, -0.25) is 4.90 Å². The van der Waals surface area contributed by atoms with E-state index in [1.807, 2.05) is 18.2 Å². The van der Waals surface area contributed by atoms with Crippen LogP contribution >= 0.6 is 0 Å². The lowest BCUT2D eigenvalue weighted by atomic mass is 9.92. The molecule has 6 heteroatoms. The van der Waals surface area contributed by atoms with E-state index in [1.54, 1.807) is 7.11 Å². The summed E-state index contributed by atoms with van der Waals surface area (Å²) in [6.07, 6.45) is 14.1. The lowest BCUT2D eigenvalue weighted by Gasteiger charge is -2.40. The van der Waals surface area contributed by atoms with Gasteiger partial charge in [0, 0.05) is 25.2 Å². The number of nitrogens with zero attached hydrogens (tertiary/aromatic N) is 1. The summed E-state index contributed by atoms with van der Waals surface area (Å²) in [6.45, 7) is 2.72. The highest BCUT2D eigenvalue weighted by molar-refractivity contribution is 5.74. The molecule has 158 valence electrons. The minimum absolute atomic E-state index is 0.123. The number of hydrogen-bond donors (Lipinski definition) is 2. The largest absolute Gasteiger partial charge is 0.493 e. The zero-order valence-corrected chi connectivity index (χ0v) is 17.4. The average molecular weight is 400 g/mol. The van der Waals surface area contributed by atoms with E-state index >= 15 is 0 Å². The predicted octanol–water partition coefficient (Wildman–Crippen LogP) is 3.30. The van der Waals surface area contributed by atoms with Gasteiger partial charge in [0.05, 0.1) is 7.11 Å². The van der Waals surface area contributed by atoms with E-state index in [2.05, 4.69) is 21.5 Å². The molecule has 1 saturated heterocycles. The van der Waals surface area contributed by atoms with Crippen molar-refractivity contribution in [2.75, 3.05) is 26.8 Å². The first-order valence-electron chi connectivity index (χ1n) is 10.7. The molecule has 29 heavy (non-hydrogen) atoms. The van der Waals surface area contributed by atoms with Gasteiger partial charge in [0.2, 0.25) is 0 Å². The number of likely N-dealkylation sites (tertiary alicyclic amines) is 1. The molecule has 1 aliphatic heterocycles. The number of carbonyl (C=O) groups excluding carboxylic acids is 1. The standard InChI is InChI=1S/C23H33N3O3/c1-3-14-29-22-15-18(11-12-21(22)28-2)16-24-23(27)25-19-8-7-13-26(17-19)20-9-5-4-6-10-20/h1,11-12,15,19-20H,4-10,13-14,16-17H2,2H3,(H2,24,25,27). The van der Waals surface area contributed by atoms with Gasteiger partial charge in [0.1, 0.15) is 6.61 Å². The fraction of sp³-hybridized carbons (Fsp3) is 0.609. The molecule has 2 amide bonds. The van der Waals surface area contributed by atoms with Crippen LogP contribution in [0, 0.1) is 12.3 Å². The van der Waals surface area contributed by atoms with Crippen molar-refractivity contribution in [2.24, 2.45) is 0 Å². The third kappa shape index (κ3) is 6.30. The predicted molar refractivity (Wildman–Crippen MR) is 114 cm³/mol. The van der Waals surface area contributed by atoms with Crippen LogP contribution in [0.3, 0.4) is 0 Å². The van der Waals surface area contributed by atoms with Crippen LogP contribution in [-0.4, -0.2) is 49.8 Å². The molecule has 1 heterocycles. The van der Waals surface area contributed by atoms with Crippen molar-refractivity contribution in [3.05, 3.63) is 23.8 Å². The number of hydrogen-bond acceptors (Lipinski definition) is 4. The Labute approximate surface area is 174 Å². The Morgan fingerprint density at radius 1 is 1.21 bits per heavy atom. The molecule has 2 aliphatic rings. The van der Waals surface area contributed by atoms with Gasteiger partial charge in [-0.15, -0.1) is 6.42 Å². The van der Waals surface area contributed by atoms with Crippen LogP contribution in [-0.2, 0) is 6.54 Å². The van der Waals surface area contributed by atoms with Crippen LogP contribution in [0.15, 0.2) is 18.2 Å². The minimum Gasteiger partial charge on any atom is -0.493 e. The molecule has 1 atom stereocenters. The lowest BCUT2D eigenvalue weighted by Crippen LogP contribution is -2.53. The van der Waals surface area contributed by atoms with Crippen LogP contribution in [0.2, 0.25) is 0 Å². The number of ether oxygens (including phenoxy) is 2. The molecule has 0 bridgehead atoms. The molecule has 6 nitrogen and oxygen atoms in total. The maximum absolute atomic E-state index is 12.4. The first kappa shape index (κ1) is 21.3. The van der Waals surface area contributed by atoms with Crippen LogP contribution in [0.4, 0.5) is 4.79 Å². The fourth-order valence-electron chi connectivity index (χ4n) is 4.38. The zero-order valence-electron chi connectivity index (χ0n) is 17.4. The van der Waals surface area contributed by atoms with E-state index in [0.29, 0.717) is 24.1 Å². The second-order valence-corrected chi connectivity index (χ2v) is 7.93. The summed E-state index contributed by atoms with van der Waals surface area (Å²) in [5, 5.41) is 6.11. The van der Waals surface area contributed by atoms with Crippen molar-refractivity contribution in [3.8, 4) is 23.8 Å². The molecular formula is C23H33N3O3. The summed E-state index contributed by atoms with van der Waals surface area (Å²) >= 11 is 0. The zero-order chi connectivity index (χ0) is 20.5. The third-order valence-electron chi connectivity index (χ3n) is 5.87. The van der Waals surface area contributed by atoms with Crippen LogP contribution in [0.5, 0.6) is 11.5 Å². The number of terminal acetylenes is 1. The number of benzene rings is 1. The number of urea groups is 1. The molecule has 1 saturated carbocycles. The van der Waals surface area contributed by atoms with Crippen molar-refractivity contribution < 1.29 is 14.3 Å². The molecule has 1 aromatic carbocycles. The summed E-state index contributed by atoms with van der Waals surface area (Å²) in [7, 11) is 1.59. The van der Waals surface area contributed by atoms with Gasteiger partial charge in [0.25, 0.3) is 0 Å². The van der Waals surface area contributed by atoms with E-state index in [0.717, 1.165) is 31.5 Å². The molecule has 2 N–H and O–H groups in total. The van der Waals surface area contributed by atoms with Crippen LogP contribution < -0.4 is 20.1 Å². The molecule has 1 unspecified atom stereocenters. The Morgan fingerprint density at radius 3 is 2.79 bits per heavy atom. The van der Waals surface area contributed by atoms with E-state index in [9.17, 15) is 4.79 Å². The summed E-state index contributed by atoms with van der Waals surface area (Å²) in [5.41, 5.74) is 0.931. The summed E-state index contributed by atoms with van der Waals surface area (Å²) in [6, 6.07) is 6.38. The Morgan fingerprint density at radius 2 is 2.03 bits per heavy atom. The number of amides is 2. The van der Waals surface area contributed by atoms with Crippen LogP contribution in [0.25, 0.3) is 0 Å². The maximum atomic E-state index is 12.4. The summed E-state index contributed by atoms with van der Waals surface area (Å²) < 4.78 is 10.8. The van der Waals surface area contributed by atoms with E-state index in [-0.39, 0.29) is 18.7 Å². The third-order valence-corrected chi connectivity index (χ3v) is 5.87. The van der Waals surface area contributed by atoms with Crippen molar-refractivity contribution >= 4 is 6.03 Å². The van der Waals surface area contributed by atoms with Crippen molar-refractivity contribution in [1.82, 2.24) is 15.5 Å². The van der Waals surface area contributed by atoms with Crippen molar-refractivity contribution in [3.63, 3.8) is 0 Å². The number of rotatable bonds is 7. The monoisotopic (exact) mass is 399 g/mol. The van der Waals surface area contributed by atoms with E-state index in [1.165, 1.54) is 32.1 Å². The highest BCUT2D eigenvalue weighted by Gasteiger charge is 2.27. The Kier molecular flexibility index (Phi) is 8.06. The van der Waals surface area contributed by atoms with Gasteiger partial charge in [-0.2, -0.15) is 0 Å². The van der Waals surface area contributed by atoms with Gasteiger partial charge in [-0.1, -0.05) is 31.2 Å². The minimum atomic E-state index is -0.123. The molecule has 3 rings (SSSR count).